The second-order valence-corrected chi connectivity index (χ2v) is 8.60. The minimum Gasteiger partial charge on any atom is -0.373 e. The van der Waals surface area contributed by atoms with Crippen molar-refractivity contribution >= 4 is 5.96 Å². The predicted molar refractivity (Wildman–Crippen MR) is 124 cm³/mol. The Hall–Kier alpha value is -2.38. The lowest BCUT2D eigenvalue weighted by Crippen LogP contribution is -2.50. The number of nitrogens with zero attached hydrogens (tertiary/aromatic N) is 5. The number of aryl methyl sites for hydroxylation is 2. The van der Waals surface area contributed by atoms with Crippen LogP contribution in [0.25, 0.3) is 0 Å². The first-order valence-electron chi connectivity index (χ1n) is 11.5. The maximum absolute atomic E-state index is 6.16. The van der Waals surface area contributed by atoms with Crippen LogP contribution in [0.15, 0.2) is 35.3 Å². The number of fused-ring (bicyclic) bond motifs is 1. The van der Waals surface area contributed by atoms with E-state index < -0.39 is 0 Å². The van der Waals surface area contributed by atoms with Gasteiger partial charge in [0.15, 0.2) is 5.96 Å². The average Bonchev–Trinajstić information content (AvgIpc) is 3.30. The summed E-state index contributed by atoms with van der Waals surface area (Å²) in [5.41, 5.74) is 5.02. The molecule has 7 heteroatoms. The van der Waals surface area contributed by atoms with E-state index in [0.717, 1.165) is 63.9 Å². The second kappa shape index (κ2) is 9.83. The summed E-state index contributed by atoms with van der Waals surface area (Å²) in [6.45, 7) is 12.6. The number of aliphatic imine (C=N–C) groups is 1. The molecule has 7 nitrogen and oxygen atoms in total. The molecule has 2 aliphatic rings. The quantitative estimate of drug-likeness (QED) is 0.569. The van der Waals surface area contributed by atoms with Gasteiger partial charge in [-0.3, -0.25) is 14.6 Å². The summed E-state index contributed by atoms with van der Waals surface area (Å²) in [4.78, 5) is 9.93. The average molecular weight is 425 g/mol. The van der Waals surface area contributed by atoms with E-state index in [0.29, 0.717) is 6.04 Å². The Labute approximate surface area is 186 Å². The number of hydrogen-bond acceptors (Lipinski definition) is 4. The summed E-state index contributed by atoms with van der Waals surface area (Å²) >= 11 is 0. The van der Waals surface area contributed by atoms with Crippen LogP contribution in [-0.2, 0) is 24.8 Å². The molecule has 1 N–H and O–H groups in total. The fraction of sp³-hybridized carbons (Fsp3) is 0.583. The van der Waals surface area contributed by atoms with Crippen LogP contribution in [0.4, 0.5) is 0 Å². The van der Waals surface area contributed by atoms with E-state index in [4.69, 9.17) is 9.73 Å². The Morgan fingerprint density at radius 2 is 2.03 bits per heavy atom. The molecule has 0 amide bonds. The molecule has 31 heavy (non-hydrogen) atoms. The highest BCUT2D eigenvalue weighted by Crippen LogP contribution is 2.25. The lowest BCUT2D eigenvalue weighted by atomic mass is 10.1. The number of likely N-dealkylation sites (tertiary alicyclic amines) is 1. The van der Waals surface area contributed by atoms with Crippen LogP contribution < -0.4 is 5.32 Å². The van der Waals surface area contributed by atoms with Crippen molar-refractivity contribution in [3.05, 3.63) is 52.8 Å². The smallest absolute Gasteiger partial charge is 0.194 e. The molecule has 1 aromatic carbocycles. The molecular weight excluding hydrogens is 388 g/mol. The van der Waals surface area contributed by atoms with Crippen LogP contribution >= 0.6 is 0 Å². The van der Waals surface area contributed by atoms with Crippen LogP contribution in [0.3, 0.4) is 0 Å². The van der Waals surface area contributed by atoms with Gasteiger partial charge in [0.25, 0.3) is 0 Å². The molecular formula is C24H36N6O. The molecule has 1 aromatic heterocycles. The van der Waals surface area contributed by atoms with Crippen molar-refractivity contribution in [2.45, 2.75) is 45.9 Å². The minimum atomic E-state index is 0.240. The van der Waals surface area contributed by atoms with E-state index in [9.17, 15) is 0 Å². The monoisotopic (exact) mass is 424 g/mol. The number of nitrogens with one attached hydrogen (secondary N) is 1. The third-order valence-electron chi connectivity index (χ3n) is 6.56. The lowest BCUT2D eigenvalue weighted by molar-refractivity contribution is -0.0502. The van der Waals surface area contributed by atoms with E-state index in [1.807, 2.05) is 11.7 Å². The third-order valence-corrected chi connectivity index (χ3v) is 6.56. The van der Waals surface area contributed by atoms with Crippen molar-refractivity contribution in [3.8, 4) is 0 Å². The van der Waals surface area contributed by atoms with Gasteiger partial charge in [-0.05, 0) is 38.3 Å². The molecule has 0 aliphatic carbocycles. The summed E-state index contributed by atoms with van der Waals surface area (Å²) in [5.74, 6) is 0.999. The topological polar surface area (TPSA) is 57.9 Å². The third kappa shape index (κ3) is 4.93. The van der Waals surface area contributed by atoms with Gasteiger partial charge in [0.2, 0.25) is 0 Å². The van der Waals surface area contributed by atoms with Gasteiger partial charge in [-0.15, -0.1) is 0 Å². The molecule has 3 heterocycles. The van der Waals surface area contributed by atoms with Gasteiger partial charge in [0, 0.05) is 52.0 Å². The molecule has 2 aliphatic heterocycles. The first-order valence-corrected chi connectivity index (χ1v) is 11.5. The van der Waals surface area contributed by atoms with E-state index in [1.54, 1.807) is 0 Å². The number of hydrogen-bond donors (Lipinski definition) is 1. The highest BCUT2D eigenvalue weighted by Gasteiger charge is 2.41. The van der Waals surface area contributed by atoms with Gasteiger partial charge in [0.1, 0.15) is 0 Å². The Balaban J connectivity index is 1.42. The van der Waals surface area contributed by atoms with Gasteiger partial charge in [-0.25, -0.2) is 0 Å². The summed E-state index contributed by atoms with van der Waals surface area (Å²) in [6.07, 6.45) is 1.15. The summed E-state index contributed by atoms with van der Waals surface area (Å²) < 4.78 is 8.12. The molecule has 0 saturated carbocycles. The fourth-order valence-electron chi connectivity index (χ4n) is 4.82. The number of guanidine groups is 1. The summed E-state index contributed by atoms with van der Waals surface area (Å²) in [5, 5.41) is 8.03. The molecule has 2 unspecified atom stereocenters. The van der Waals surface area contributed by atoms with Gasteiger partial charge in [0.05, 0.1) is 24.4 Å². The minimum absolute atomic E-state index is 0.240. The Bertz CT molecular complexity index is 893. The van der Waals surface area contributed by atoms with Gasteiger partial charge in [-0.1, -0.05) is 30.3 Å². The number of aromatic nitrogens is 2. The molecule has 2 fully saturated rings. The van der Waals surface area contributed by atoms with E-state index >= 15 is 0 Å². The molecule has 0 radical (unpaired) electrons. The number of morpholine rings is 1. The Kier molecular flexibility index (Phi) is 6.92. The summed E-state index contributed by atoms with van der Waals surface area (Å²) in [6, 6.07) is 11.2. The first-order chi connectivity index (χ1) is 15.1. The van der Waals surface area contributed by atoms with Crippen LogP contribution in [0.2, 0.25) is 0 Å². The van der Waals surface area contributed by atoms with Crippen LogP contribution in [0, 0.1) is 13.8 Å². The van der Waals surface area contributed by atoms with Crippen LogP contribution in [0.5, 0.6) is 0 Å². The zero-order valence-corrected chi connectivity index (χ0v) is 19.3. The fourth-order valence-corrected chi connectivity index (χ4v) is 4.82. The molecule has 4 rings (SSSR count). The van der Waals surface area contributed by atoms with Crippen LogP contribution in [-0.4, -0.2) is 77.0 Å². The molecule has 2 aromatic rings. The standard InChI is InChI=1S/C24H36N6O/c1-5-25-24(26-12-11-21-18(2)27-28(4)19(21)3)30-16-22-23(17-30)31-14-13-29(22)15-20-9-7-6-8-10-20/h6-10,22-23H,5,11-17H2,1-4H3,(H,25,26). The highest BCUT2D eigenvalue weighted by molar-refractivity contribution is 5.80. The zero-order valence-electron chi connectivity index (χ0n) is 19.3. The largest absolute Gasteiger partial charge is 0.373 e. The number of ether oxygens (including phenoxy) is 1. The Morgan fingerprint density at radius 3 is 2.74 bits per heavy atom. The molecule has 0 spiro atoms. The van der Waals surface area contributed by atoms with Gasteiger partial charge >= 0.3 is 0 Å². The van der Waals surface area contributed by atoms with Gasteiger partial charge in [-0.2, -0.15) is 5.10 Å². The highest BCUT2D eigenvalue weighted by atomic mass is 16.5. The maximum Gasteiger partial charge on any atom is 0.194 e. The van der Waals surface area contributed by atoms with E-state index in [2.05, 4.69) is 71.3 Å². The van der Waals surface area contributed by atoms with Crippen molar-refractivity contribution in [1.82, 2.24) is 24.9 Å². The normalized spacial score (nSPS) is 22.1. The summed E-state index contributed by atoms with van der Waals surface area (Å²) in [7, 11) is 2.01. The Morgan fingerprint density at radius 1 is 1.23 bits per heavy atom. The molecule has 168 valence electrons. The van der Waals surface area contributed by atoms with Crippen molar-refractivity contribution < 1.29 is 4.74 Å². The SMILES string of the molecule is CCNC(=NCCc1c(C)nn(C)c1C)N1CC2OCCN(Cc3ccccc3)C2C1. The first kappa shape index (κ1) is 21.8. The second-order valence-electron chi connectivity index (χ2n) is 8.60. The van der Waals surface area contributed by atoms with Crippen molar-refractivity contribution in [2.24, 2.45) is 12.0 Å². The molecule has 2 atom stereocenters. The zero-order chi connectivity index (χ0) is 21.8. The van der Waals surface area contributed by atoms with Crippen molar-refractivity contribution in [1.29, 1.82) is 0 Å². The maximum atomic E-state index is 6.16. The van der Waals surface area contributed by atoms with E-state index in [1.165, 1.54) is 16.8 Å². The van der Waals surface area contributed by atoms with E-state index in [-0.39, 0.29) is 6.10 Å². The van der Waals surface area contributed by atoms with Crippen molar-refractivity contribution in [2.75, 3.05) is 39.3 Å². The molecule has 2 saturated heterocycles. The number of benzene rings is 1. The predicted octanol–water partition coefficient (Wildman–Crippen LogP) is 2.13. The molecule has 0 bridgehead atoms. The van der Waals surface area contributed by atoms with Crippen LogP contribution in [0.1, 0.15) is 29.4 Å². The number of rotatable bonds is 6. The van der Waals surface area contributed by atoms with Crippen molar-refractivity contribution in [3.63, 3.8) is 0 Å². The lowest BCUT2D eigenvalue weighted by Gasteiger charge is -2.36. The van der Waals surface area contributed by atoms with Gasteiger partial charge < -0.3 is 15.0 Å².